The molecule has 7 nitrogen and oxygen atoms in total. The third kappa shape index (κ3) is 4.71. The first-order valence-electron chi connectivity index (χ1n) is 10.0. The van der Waals surface area contributed by atoms with Crippen molar-refractivity contribution in [3.05, 3.63) is 76.7 Å². The normalized spacial score (nSPS) is 19.4. The Morgan fingerprint density at radius 2 is 2.12 bits per heavy atom. The Morgan fingerprint density at radius 3 is 2.84 bits per heavy atom. The highest BCUT2D eigenvalue weighted by Gasteiger charge is 2.60. The first kappa shape index (κ1) is 22.1. The molecule has 4 rings (SSSR count). The number of ether oxygens (including phenoxy) is 2. The molecule has 1 N–H and O–H groups in total. The highest BCUT2D eigenvalue weighted by atomic mass is 35.5. The third-order valence-corrected chi connectivity index (χ3v) is 5.71. The maximum Gasteiger partial charge on any atom is 0.229 e. The van der Waals surface area contributed by atoms with E-state index >= 15 is 0 Å². The number of benzene rings is 1. The maximum atomic E-state index is 14.0. The molecule has 2 atom stereocenters. The zero-order valence-electron chi connectivity index (χ0n) is 17.6. The Balaban J connectivity index is 1.57. The summed E-state index contributed by atoms with van der Waals surface area (Å²) in [6, 6.07) is 9.53. The van der Waals surface area contributed by atoms with Gasteiger partial charge < -0.3 is 14.8 Å². The molecule has 1 fully saturated rings. The highest BCUT2D eigenvalue weighted by molar-refractivity contribution is 6.30. The van der Waals surface area contributed by atoms with Gasteiger partial charge in [-0.05, 0) is 43.2 Å². The van der Waals surface area contributed by atoms with E-state index in [1.807, 2.05) is 6.07 Å². The summed E-state index contributed by atoms with van der Waals surface area (Å²) in [7, 11) is 1.57. The topological polar surface area (TPSA) is 86.2 Å². The van der Waals surface area contributed by atoms with Gasteiger partial charge in [-0.2, -0.15) is 0 Å². The van der Waals surface area contributed by atoms with Crippen LogP contribution in [-0.2, 0) is 21.6 Å². The minimum Gasteiger partial charge on any atom is -0.489 e. The molecule has 2 aromatic heterocycles. The molecule has 0 radical (unpaired) electrons. The van der Waals surface area contributed by atoms with Gasteiger partial charge in [0.2, 0.25) is 5.91 Å². The second-order valence-corrected chi connectivity index (χ2v) is 8.16. The summed E-state index contributed by atoms with van der Waals surface area (Å²) >= 11 is 5.86. The standard InChI is InChI=1S/C23H22ClFN4O3/c1-14-26-11-20(19(28-14)12-31-2)32-13-23(15-4-3-5-17(25)8-15)9-18(23)22(30)29-21-7-6-16(24)10-27-21/h3-8,10-11,18H,9,12-13H2,1-2H3,(H,27,29,30). The van der Waals surface area contributed by atoms with Crippen molar-refractivity contribution < 1.29 is 18.7 Å². The molecule has 0 bridgehead atoms. The molecular weight excluding hydrogens is 435 g/mol. The van der Waals surface area contributed by atoms with E-state index in [9.17, 15) is 9.18 Å². The zero-order chi connectivity index (χ0) is 22.7. The van der Waals surface area contributed by atoms with E-state index in [0.717, 1.165) is 0 Å². The Morgan fingerprint density at radius 1 is 1.28 bits per heavy atom. The quantitative estimate of drug-likeness (QED) is 0.549. The van der Waals surface area contributed by atoms with Gasteiger partial charge >= 0.3 is 0 Å². The number of aromatic nitrogens is 3. The van der Waals surface area contributed by atoms with Gasteiger partial charge in [-0.15, -0.1) is 0 Å². The number of nitrogens with one attached hydrogen (secondary N) is 1. The van der Waals surface area contributed by atoms with Crippen LogP contribution in [0.3, 0.4) is 0 Å². The summed E-state index contributed by atoms with van der Waals surface area (Å²) in [5.74, 6) is 0.465. The summed E-state index contributed by atoms with van der Waals surface area (Å²) in [4.78, 5) is 25.7. The lowest BCUT2D eigenvalue weighted by Crippen LogP contribution is -2.27. The van der Waals surface area contributed by atoms with E-state index in [1.54, 1.807) is 38.4 Å². The molecule has 1 aliphatic rings. The average Bonchev–Trinajstić information content (AvgIpc) is 3.51. The summed E-state index contributed by atoms with van der Waals surface area (Å²) in [6.07, 6.45) is 3.55. The van der Waals surface area contributed by atoms with Crippen LogP contribution >= 0.6 is 11.6 Å². The molecule has 166 valence electrons. The van der Waals surface area contributed by atoms with Crippen molar-refractivity contribution in [1.29, 1.82) is 0 Å². The van der Waals surface area contributed by atoms with Gasteiger partial charge in [-0.1, -0.05) is 23.7 Å². The van der Waals surface area contributed by atoms with Gasteiger partial charge in [-0.25, -0.2) is 19.3 Å². The molecular formula is C23H22ClFN4O3. The highest BCUT2D eigenvalue weighted by Crippen LogP contribution is 2.55. The van der Waals surface area contributed by atoms with E-state index in [4.69, 9.17) is 21.1 Å². The van der Waals surface area contributed by atoms with Gasteiger partial charge in [0.1, 0.15) is 23.2 Å². The molecule has 2 heterocycles. The van der Waals surface area contributed by atoms with Crippen molar-refractivity contribution in [2.75, 3.05) is 19.0 Å². The number of carbonyl (C=O) groups excluding carboxylic acids is 1. The van der Waals surface area contributed by atoms with E-state index in [0.29, 0.717) is 40.1 Å². The minimum absolute atomic E-state index is 0.158. The third-order valence-electron chi connectivity index (χ3n) is 5.49. The molecule has 9 heteroatoms. The fourth-order valence-electron chi connectivity index (χ4n) is 3.75. The summed E-state index contributed by atoms with van der Waals surface area (Å²) in [6.45, 7) is 2.20. The SMILES string of the molecule is COCc1nc(C)ncc1OCC1(c2cccc(F)c2)CC1C(=O)Nc1ccc(Cl)cn1. The summed E-state index contributed by atoms with van der Waals surface area (Å²) < 4.78 is 25.3. The lowest BCUT2D eigenvalue weighted by molar-refractivity contribution is -0.117. The van der Waals surface area contributed by atoms with Crippen molar-refractivity contribution in [2.24, 2.45) is 5.92 Å². The van der Waals surface area contributed by atoms with Crippen molar-refractivity contribution in [3.8, 4) is 5.75 Å². The average molecular weight is 457 g/mol. The molecule has 0 aliphatic heterocycles. The number of nitrogens with zero attached hydrogens (tertiary/aromatic N) is 3. The monoisotopic (exact) mass is 456 g/mol. The van der Waals surface area contributed by atoms with Crippen LogP contribution in [0.4, 0.5) is 10.2 Å². The molecule has 32 heavy (non-hydrogen) atoms. The van der Waals surface area contributed by atoms with Crippen molar-refractivity contribution >= 4 is 23.3 Å². The van der Waals surface area contributed by atoms with E-state index in [-0.39, 0.29) is 24.9 Å². The number of amides is 1. The van der Waals surface area contributed by atoms with Gasteiger partial charge in [0, 0.05) is 18.7 Å². The molecule has 2 unspecified atom stereocenters. The van der Waals surface area contributed by atoms with Crippen LogP contribution in [0.25, 0.3) is 0 Å². The van der Waals surface area contributed by atoms with Crippen molar-refractivity contribution in [3.63, 3.8) is 0 Å². The van der Waals surface area contributed by atoms with Gasteiger partial charge in [0.05, 0.1) is 30.4 Å². The van der Waals surface area contributed by atoms with Crippen LogP contribution in [0.2, 0.25) is 5.02 Å². The van der Waals surface area contributed by atoms with Gasteiger partial charge in [0.15, 0.2) is 5.75 Å². The smallest absolute Gasteiger partial charge is 0.229 e. The van der Waals surface area contributed by atoms with Gasteiger partial charge in [0.25, 0.3) is 0 Å². The number of carbonyl (C=O) groups is 1. The summed E-state index contributed by atoms with van der Waals surface area (Å²) in [5.41, 5.74) is 0.623. The second kappa shape index (κ2) is 9.18. The van der Waals surface area contributed by atoms with E-state index in [2.05, 4.69) is 20.3 Å². The van der Waals surface area contributed by atoms with Crippen molar-refractivity contribution in [2.45, 2.75) is 25.4 Å². The van der Waals surface area contributed by atoms with Gasteiger partial charge in [-0.3, -0.25) is 4.79 Å². The number of halogens is 2. The second-order valence-electron chi connectivity index (χ2n) is 7.72. The number of pyridine rings is 1. The summed E-state index contributed by atoms with van der Waals surface area (Å²) in [5, 5.41) is 3.28. The van der Waals surface area contributed by atoms with E-state index in [1.165, 1.54) is 18.3 Å². The Kier molecular flexibility index (Phi) is 6.34. The molecule has 0 saturated heterocycles. The largest absolute Gasteiger partial charge is 0.489 e. The fraction of sp³-hybridized carbons (Fsp3) is 0.304. The lowest BCUT2D eigenvalue weighted by atomic mass is 9.93. The fourth-order valence-corrected chi connectivity index (χ4v) is 3.86. The Hall–Kier alpha value is -3.10. The predicted octanol–water partition coefficient (Wildman–Crippen LogP) is 4.09. The lowest BCUT2D eigenvalue weighted by Gasteiger charge is -2.20. The van der Waals surface area contributed by atoms with Crippen molar-refractivity contribution in [1.82, 2.24) is 15.0 Å². The Bertz CT molecular complexity index is 1130. The molecule has 1 aliphatic carbocycles. The van der Waals surface area contributed by atoms with Crippen LogP contribution in [0.15, 0.2) is 48.8 Å². The molecule has 3 aromatic rings. The number of hydrogen-bond donors (Lipinski definition) is 1. The van der Waals surface area contributed by atoms with Crippen LogP contribution < -0.4 is 10.1 Å². The predicted molar refractivity (Wildman–Crippen MR) is 117 cm³/mol. The van der Waals surface area contributed by atoms with Crippen LogP contribution in [0.5, 0.6) is 5.75 Å². The number of rotatable bonds is 8. The molecule has 1 amide bonds. The van der Waals surface area contributed by atoms with Crippen LogP contribution in [-0.4, -0.2) is 34.6 Å². The Labute approximate surface area is 190 Å². The van der Waals surface area contributed by atoms with Crippen LogP contribution in [0, 0.1) is 18.7 Å². The number of hydrogen-bond acceptors (Lipinski definition) is 6. The maximum absolute atomic E-state index is 14.0. The first-order valence-corrected chi connectivity index (χ1v) is 10.4. The molecule has 1 aromatic carbocycles. The van der Waals surface area contributed by atoms with E-state index < -0.39 is 11.3 Å². The number of methoxy groups -OCH3 is 1. The number of anilines is 1. The molecule has 1 saturated carbocycles. The first-order chi connectivity index (χ1) is 15.4. The van der Waals surface area contributed by atoms with Crippen LogP contribution in [0.1, 0.15) is 23.5 Å². The number of aryl methyl sites for hydroxylation is 1. The molecule has 0 spiro atoms. The zero-order valence-corrected chi connectivity index (χ0v) is 18.4. The minimum atomic E-state index is -0.687.